The monoisotopic (exact) mass is 324 g/mol. The molecule has 1 fully saturated rings. The standard InChI is InChI=1S/C14H17FN4O2S/c15-12-6-1-3-10(9-12)7-8-22(20,21)19-14-16-13(17-18-14)11-4-2-5-11/h1,3,6,9,11H,2,4-5,7-8H2,(H2,16,17,18,19). The third kappa shape index (κ3) is 3.62. The van der Waals surface area contributed by atoms with Gasteiger partial charge in [0.05, 0.1) is 5.75 Å². The highest BCUT2D eigenvalue weighted by molar-refractivity contribution is 7.92. The van der Waals surface area contributed by atoms with Crippen molar-refractivity contribution in [3.63, 3.8) is 0 Å². The number of aromatic amines is 1. The molecule has 3 rings (SSSR count). The maximum absolute atomic E-state index is 13.1. The van der Waals surface area contributed by atoms with Crippen LogP contribution in [-0.2, 0) is 16.4 Å². The summed E-state index contributed by atoms with van der Waals surface area (Å²) in [7, 11) is -3.56. The number of hydrogen-bond donors (Lipinski definition) is 2. The molecule has 0 atom stereocenters. The first-order valence-corrected chi connectivity index (χ1v) is 8.84. The molecule has 0 amide bonds. The minimum Gasteiger partial charge on any atom is -0.261 e. The van der Waals surface area contributed by atoms with Gasteiger partial charge in [-0.2, -0.15) is 4.98 Å². The van der Waals surface area contributed by atoms with Gasteiger partial charge in [-0.05, 0) is 37.0 Å². The lowest BCUT2D eigenvalue weighted by molar-refractivity contribution is 0.402. The van der Waals surface area contributed by atoms with E-state index in [-0.39, 0.29) is 23.9 Å². The summed E-state index contributed by atoms with van der Waals surface area (Å²) in [6.07, 6.45) is 3.51. The van der Waals surface area contributed by atoms with Gasteiger partial charge in [0.25, 0.3) is 5.95 Å². The molecule has 1 aromatic carbocycles. The number of aromatic nitrogens is 3. The number of rotatable bonds is 6. The Balaban J connectivity index is 1.59. The quantitative estimate of drug-likeness (QED) is 0.852. The van der Waals surface area contributed by atoms with E-state index in [4.69, 9.17) is 0 Å². The van der Waals surface area contributed by atoms with Gasteiger partial charge >= 0.3 is 0 Å². The largest absolute Gasteiger partial charge is 0.261 e. The number of hydrogen-bond acceptors (Lipinski definition) is 4. The lowest BCUT2D eigenvalue weighted by atomic mass is 9.85. The fourth-order valence-corrected chi connectivity index (χ4v) is 3.29. The van der Waals surface area contributed by atoms with Crippen molar-refractivity contribution in [3.05, 3.63) is 41.5 Å². The van der Waals surface area contributed by atoms with E-state index in [1.165, 1.54) is 18.6 Å². The predicted octanol–water partition coefficient (Wildman–Crippen LogP) is 2.20. The van der Waals surface area contributed by atoms with E-state index in [0.717, 1.165) is 18.7 Å². The maximum atomic E-state index is 13.1. The Morgan fingerprint density at radius 3 is 2.86 bits per heavy atom. The van der Waals surface area contributed by atoms with Crippen LogP contribution in [0.15, 0.2) is 24.3 Å². The molecule has 1 heterocycles. The van der Waals surface area contributed by atoms with Gasteiger partial charge in [0.1, 0.15) is 11.6 Å². The van der Waals surface area contributed by atoms with E-state index in [9.17, 15) is 12.8 Å². The summed E-state index contributed by atoms with van der Waals surface area (Å²) in [6, 6.07) is 5.91. The molecule has 0 radical (unpaired) electrons. The van der Waals surface area contributed by atoms with Crippen LogP contribution in [0.1, 0.15) is 36.6 Å². The second kappa shape index (κ2) is 6.04. The Labute approximate surface area is 128 Å². The van der Waals surface area contributed by atoms with Crippen molar-refractivity contribution >= 4 is 16.0 Å². The molecular formula is C14H17FN4O2S. The lowest BCUT2D eigenvalue weighted by Crippen LogP contribution is -2.19. The minimum atomic E-state index is -3.56. The zero-order chi connectivity index (χ0) is 15.6. The number of aryl methyl sites for hydroxylation is 1. The Bertz CT molecular complexity index is 756. The summed E-state index contributed by atoms with van der Waals surface area (Å²) in [6.45, 7) is 0. The van der Waals surface area contributed by atoms with Gasteiger partial charge < -0.3 is 0 Å². The Morgan fingerprint density at radius 1 is 1.36 bits per heavy atom. The van der Waals surface area contributed by atoms with Crippen LogP contribution in [0.5, 0.6) is 0 Å². The van der Waals surface area contributed by atoms with Gasteiger partial charge in [0, 0.05) is 5.92 Å². The molecule has 1 aliphatic rings. The van der Waals surface area contributed by atoms with Gasteiger partial charge in [-0.3, -0.25) is 5.10 Å². The van der Waals surface area contributed by atoms with Crippen LogP contribution in [0.3, 0.4) is 0 Å². The van der Waals surface area contributed by atoms with Crippen LogP contribution in [-0.4, -0.2) is 29.4 Å². The minimum absolute atomic E-state index is 0.0705. The van der Waals surface area contributed by atoms with Crippen molar-refractivity contribution in [2.24, 2.45) is 0 Å². The van der Waals surface area contributed by atoms with Crippen LogP contribution in [0.4, 0.5) is 10.3 Å². The van der Waals surface area contributed by atoms with Crippen LogP contribution >= 0.6 is 0 Å². The Hall–Kier alpha value is -1.96. The van der Waals surface area contributed by atoms with Crippen molar-refractivity contribution in [2.45, 2.75) is 31.6 Å². The molecule has 2 aromatic rings. The summed E-state index contributed by atoms with van der Waals surface area (Å²) in [5.74, 6) is 0.638. The number of sulfonamides is 1. The summed E-state index contributed by atoms with van der Waals surface area (Å²) in [5.41, 5.74) is 0.635. The van der Waals surface area contributed by atoms with E-state index in [0.29, 0.717) is 11.5 Å². The second-order valence-corrected chi connectivity index (χ2v) is 7.31. The highest BCUT2D eigenvalue weighted by atomic mass is 32.2. The number of H-pyrrole nitrogens is 1. The first-order valence-electron chi connectivity index (χ1n) is 7.19. The molecule has 0 bridgehead atoms. The predicted molar refractivity (Wildman–Crippen MR) is 80.5 cm³/mol. The number of anilines is 1. The number of nitrogens with one attached hydrogen (secondary N) is 2. The molecule has 1 aromatic heterocycles. The van der Waals surface area contributed by atoms with E-state index in [1.54, 1.807) is 12.1 Å². The van der Waals surface area contributed by atoms with Gasteiger partial charge in [0.15, 0.2) is 0 Å². The third-order valence-corrected chi connectivity index (χ3v) is 5.03. The summed E-state index contributed by atoms with van der Waals surface area (Å²) in [4.78, 5) is 4.17. The zero-order valence-electron chi connectivity index (χ0n) is 11.9. The Kier molecular flexibility index (Phi) is 4.10. The van der Waals surface area contributed by atoms with Crippen LogP contribution in [0.25, 0.3) is 0 Å². The molecule has 0 unspecified atom stereocenters. The average Bonchev–Trinajstić information content (AvgIpc) is 2.82. The van der Waals surface area contributed by atoms with E-state index in [2.05, 4.69) is 19.9 Å². The number of benzene rings is 1. The van der Waals surface area contributed by atoms with Crippen LogP contribution in [0.2, 0.25) is 0 Å². The lowest BCUT2D eigenvalue weighted by Gasteiger charge is -2.22. The fourth-order valence-electron chi connectivity index (χ4n) is 2.32. The first-order chi connectivity index (χ1) is 10.5. The summed E-state index contributed by atoms with van der Waals surface area (Å²) < 4.78 is 39.5. The Morgan fingerprint density at radius 2 is 2.18 bits per heavy atom. The van der Waals surface area contributed by atoms with Crippen molar-refractivity contribution in [3.8, 4) is 0 Å². The highest BCUT2D eigenvalue weighted by Crippen LogP contribution is 2.34. The van der Waals surface area contributed by atoms with Gasteiger partial charge in [-0.1, -0.05) is 18.6 Å². The third-order valence-electron chi connectivity index (χ3n) is 3.79. The van der Waals surface area contributed by atoms with Gasteiger partial charge in [-0.15, -0.1) is 5.10 Å². The molecule has 1 aliphatic carbocycles. The molecule has 1 saturated carbocycles. The SMILES string of the molecule is O=S(=O)(CCc1cccc(F)c1)Nc1n[nH]c(C2CCC2)n1. The van der Waals surface area contributed by atoms with Crippen molar-refractivity contribution in [1.82, 2.24) is 15.2 Å². The number of nitrogens with zero attached hydrogens (tertiary/aromatic N) is 2. The van der Waals surface area contributed by atoms with Gasteiger partial charge in [-0.25, -0.2) is 17.5 Å². The van der Waals surface area contributed by atoms with E-state index < -0.39 is 10.0 Å². The molecule has 0 aliphatic heterocycles. The number of halogens is 1. The molecule has 0 spiro atoms. The topological polar surface area (TPSA) is 87.7 Å². The highest BCUT2D eigenvalue weighted by Gasteiger charge is 2.23. The molecule has 0 saturated heterocycles. The smallest absolute Gasteiger partial charge is 0.255 e. The second-order valence-electron chi connectivity index (χ2n) is 5.47. The molecule has 6 nitrogen and oxygen atoms in total. The summed E-state index contributed by atoms with van der Waals surface area (Å²) >= 11 is 0. The van der Waals surface area contributed by atoms with Crippen LogP contribution < -0.4 is 4.72 Å². The molecule has 22 heavy (non-hydrogen) atoms. The van der Waals surface area contributed by atoms with E-state index in [1.807, 2.05) is 0 Å². The zero-order valence-corrected chi connectivity index (χ0v) is 12.7. The average molecular weight is 324 g/mol. The maximum Gasteiger partial charge on any atom is 0.255 e. The molecule has 118 valence electrons. The van der Waals surface area contributed by atoms with Crippen molar-refractivity contribution < 1.29 is 12.8 Å². The molecular weight excluding hydrogens is 307 g/mol. The molecule has 8 heteroatoms. The van der Waals surface area contributed by atoms with Crippen molar-refractivity contribution in [1.29, 1.82) is 0 Å². The fraction of sp³-hybridized carbons (Fsp3) is 0.429. The summed E-state index contributed by atoms with van der Waals surface area (Å²) in [5, 5.41) is 6.66. The normalized spacial score (nSPS) is 15.5. The van der Waals surface area contributed by atoms with Gasteiger partial charge in [0.2, 0.25) is 10.0 Å². The van der Waals surface area contributed by atoms with Crippen LogP contribution in [0, 0.1) is 5.82 Å². The van der Waals surface area contributed by atoms with E-state index >= 15 is 0 Å². The van der Waals surface area contributed by atoms with Crippen molar-refractivity contribution in [2.75, 3.05) is 10.5 Å². The molecule has 2 N–H and O–H groups in total. The first kappa shape index (κ1) is 15.0.